The minimum Gasteiger partial charge on any atom is -0.493 e. The van der Waals surface area contributed by atoms with Crippen LogP contribution in [0.4, 0.5) is 0 Å². The van der Waals surface area contributed by atoms with Crippen molar-refractivity contribution < 1.29 is 18.7 Å². The average Bonchev–Trinajstić information content (AvgIpc) is 3.05. The summed E-state index contributed by atoms with van der Waals surface area (Å²) in [6.07, 6.45) is 0. The van der Waals surface area contributed by atoms with E-state index in [-0.39, 0.29) is 13.3 Å². The van der Waals surface area contributed by atoms with Crippen molar-refractivity contribution in [1.82, 2.24) is 10.1 Å². The molecule has 0 amide bonds. The first-order valence-electron chi connectivity index (χ1n) is 5.32. The van der Waals surface area contributed by atoms with E-state index in [0.29, 0.717) is 29.0 Å². The first-order valence-corrected chi connectivity index (χ1v) is 5.32. The molecule has 0 spiro atoms. The van der Waals surface area contributed by atoms with E-state index in [4.69, 9.17) is 24.5 Å². The van der Waals surface area contributed by atoms with Crippen molar-refractivity contribution in [2.24, 2.45) is 5.73 Å². The Morgan fingerprint density at radius 1 is 1.39 bits per heavy atom. The van der Waals surface area contributed by atoms with Gasteiger partial charge in [0.15, 0.2) is 11.5 Å². The summed E-state index contributed by atoms with van der Waals surface area (Å²) in [5, 5.41) is 3.84. The van der Waals surface area contributed by atoms with Crippen molar-refractivity contribution >= 4 is 0 Å². The van der Waals surface area contributed by atoms with Gasteiger partial charge in [-0.15, -0.1) is 0 Å². The molecule has 94 valence electrons. The van der Waals surface area contributed by atoms with Crippen LogP contribution in [0.25, 0.3) is 11.4 Å². The Morgan fingerprint density at radius 3 is 3.00 bits per heavy atom. The summed E-state index contributed by atoms with van der Waals surface area (Å²) in [6.45, 7) is 0.379. The second kappa shape index (κ2) is 4.19. The maximum Gasteiger partial charge on any atom is 0.240 e. The minimum atomic E-state index is 0.176. The molecule has 0 atom stereocenters. The molecular weight excluding hydrogens is 238 g/mol. The molecular formula is C11H11N3O4. The molecule has 0 fully saturated rings. The van der Waals surface area contributed by atoms with Gasteiger partial charge in [0.1, 0.15) is 0 Å². The molecule has 2 N–H and O–H groups in total. The highest BCUT2D eigenvalue weighted by Crippen LogP contribution is 2.43. The summed E-state index contributed by atoms with van der Waals surface area (Å²) in [6, 6.07) is 3.54. The lowest BCUT2D eigenvalue weighted by Crippen LogP contribution is -1.95. The summed E-state index contributed by atoms with van der Waals surface area (Å²) in [5.74, 6) is 2.57. The quantitative estimate of drug-likeness (QED) is 0.864. The maximum atomic E-state index is 5.42. The summed E-state index contributed by atoms with van der Waals surface area (Å²) in [5.41, 5.74) is 6.14. The van der Waals surface area contributed by atoms with Gasteiger partial charge in [-0.1, -0.05) is 5.16 Å². The molecule has 7 nitrogen and oxygen atoms in total. The Bertz CT molecular complexity index is 582. The van der Waals surface area contributed by atoms with E-state index < -0.39 is 0 Å². The molecule has 0 bridgehead atoms. The van der Waals surface area contributed by atoms with Crippen LogP contribution in [0.2, 0.25) is 0 Å². The van der Waals surface area contributed by atoms with Crippen molar-refractivity contribution in [1.29, 1.82) is 0 Å². The number of methoxy groups -OCH3 is 1. The van der Waals surface area contributed by atoms with Gasteiger partial charge in [-0.25, -0.2) is 0 Å². The molecule has 1 aliphatic heterocycles. The highest BCUT2D eigenvalue weighted by atomic mass is 16.7. The van der Waals surface area contributed by atoms with E-state index in [9.17, 15) is 0 Å². The number of nitrogens with two attached hydrogens (primary N) is 1. The van der Waals surface area contributed by atoms with E-state index in [1.807, 2.05) is 0 Å². The van der Waals surface area contributed by atoms with Crippen molar-refractivity contribution in [2.45, 2.75) is 6.54 Å². The van der Waals surface area contributed by atoms with Crippen LogP contribution in [0.1, 0.15) is 5.89 Å². The van der Waals surface area contributed by atoms with Gasteiger partial charge < -0.3 is 24.5 Å². The van der Waals surface area contributed by atoms with Gasteiger partial charge in [-0.2, -0.15) is 4.98 Å². The van der Waals surface area contributed by atoms with E-state index in [1.165, 1.54) is 0 Å². The number of ether oxygens (including phenoxy) is 3. The molecule has 1 aromatic carbocycles. The Balaban J connectivity index is 2.07. The minimum absolute atomic E-state index is 0.176. The fraction of sp³-hybridized carbons (Fsp3) is 0.273. The van der Waals surface area contributed by atoms with Gasteiger partial charge in [0, 0.05) is 5.56 Å². The van der Waals surface area contributed by atoms with Crippen molar-refractivity contribution in [3.05, 3.63) is 18.0 Å². The molecule has 0 unspecified atom stereocenters. The van der Waals surface area contributed by atoms with Gasteiger partial charge in [-0.05, 0) is 12.1 Å². The van der Waals surface area contributed by atoms with Crippen molar-refractivity contribution in [3.8, 4) is 28.6 Å². The van der Waals surface area contributed by atoms with Crippen LogP contribution in [-0.2, 0) is 6.54 Å². The Kier molecular flexibility index (Phi) is 2.52. The van der Waals surface area contributed by atoms with Crippen LogP contribution in [0.3, 0.4) is 0 Å². The topological polar surface area (TPSA) is 92.6 Å². The van der Waals surface area contributed by atoms with Gasteiger partial charge in [-0.3, -0.25) is 0 Å². The van der Waals surface area contributed by atoms with Crippen LogP contribution < -0.4 is 19.9 Å². The van der Waals surface area contributed by atoms with E-state index in [2.05, 4.69) is 10.1 Å². The predicted molar refractivity (Wildman–Crippen MR) is 60.3 cm³/mol. The molecule has 3 rings (SSSR count). The fourth-order valence-electron chi connectivity index (χ4n) is 1.71. The molecule has 0 saturated heterocycles. The normalized spacial score (nSPS) is 12.8. The second-order valence-electron chi connectivity index (χ2n) is 3.63. The molecule has 2 aromatic rings. The molecule has 7 heteroatoms. The first-order chi connectivity index (χ1) is 8.81. The average molecular weight is 249 g/mol. The second-order valence-corrected chi connectivity index (χ2v) is 3.63. The van der Waals surface area contributed by atoms with E-state index >= 15 is 0 Å². The van der Waals surface area contributed by atoms with Crippen LogP contribution in [0.5, 0.6) is 17.2 Å². The van der Waals surface area contributed by atoms with E-state index in [1.54, 1.807) is 19.2 Å². The monoisotopic (exact) mass is 249 g/mol. The van der Waals surface area contributed by atoms with Crippen LogP contribution in [-0.4, -0.2) is 24.0 Å². The first kappa shape index (κ1) is 10.8. The third-order valence-electron chi connectivity index (χ3n) is 2.56. The van der Waals surface area contributed by atoms with Crippen molar-refractivity contribution in [3.63, 3.8) is 0 Å². The highest BCUT2D eigenvalue weighted by Gasteiger charge is 2.22. The van der Waals surface area contributed by atoms with E-state index in [0.717, 1.165) is 5.56 Å². The Labute approximate surface area is 102 Å². The smallest absolute Gasteiger partial charge is 0.240 e. The zero-order chi connectivity index (χ0) is 12.5. The number of nitrogens with zero attached hydrogens (tertiary/aromatic N) is 2. The van der Waals surface area contributed by atoms with Gasteiger partial charge in [0.05, 0.1) is 13.7 Å². The van der Waals surface area contributed by atoms with Crippen LogP contribution in [0, 0.1) is 0 Å². The highest BCUT2D eigenvalue weighted by molar-refractivity contribution is 5.66. The lowest BCUT2D eigenvalue weighted by molar-refractivity contribution is 0.171. The summed E-state index contributed by atoms with van der Waals surface area (Å²) in [7, 11) is 1.56. The third kappa shape index (κ3) is 1.65. The molecule has 0 radical (unpaired) electrons. The van der Waals surface area contributed by atoms with Gasteiger partial charge in [0.2, 0.25) is 24.3 Å². The Morgan fingerprint density at radius 2 is 2.28 bits per heavy atom. The molecule has 18 heavy (non-hydrogen) atoms. The lowest BCUT2D eigenvalue weighted by atomic mass is 10.1. The summed E-state index contributed by atoms with van der Waals surface area (Å²) >= 11 is 0. The standard InChI is InChI=1S/C11H11N3O4/c1-15-7-2-6(3-8-10(7)17-5-16-8)11-13-9(4-12)18-14-11/h2-3H,4-5,12H2,1H3. The van der Waals surface area contributed by atoms with Crippen LogP contribution in [0.15, 0.2) is 16.7 Å². The van der Waals surface area contributed by atoms with Crippen LogP contribution >= 0.6 is 0 Å². The van der Waals surface area contributed by atoms with Gasteiger partial charge in [0.25, 0.3) is 0 Å². The Hall–Kier alpha value is -2.28. The number of fused-ring (bicyclic) bond motifs is 1. The molecule has 1 aromatic heterocycles. The largest absolute Gasteiger partial charge is 0.493 e. The SMILES string of the molecule is COc1cc(-c2noc(CN)n2)cc2c1OCO2. The predicted octanol–water partition coefficient (Wildman–Crippen LogP) is 0.933. The zero-order valence-electron chi connectivity index (χ0n) is 9.67. The third-order valence-corrected chi connectivity index (χ3v) is 2.56. The fourth-order valence-corrected chi connectivity index (χ4v) is 1.71. The number of hydrogen-bond donors (Lipinski definition) is 1. The maximum absolute atomic E-state index is 5.42. The number of aromatic nitrogens is 2. The lowest BCUT2D eigenvalue weighted by Gasteiger charge is -2.05. The number of rotatable bonds is 3. The summed E-state index contributed by atoms with van der Waals surface area (Å²) in [4.78, 5) is 4.15. The van der Waals surface area contributed by atoms with Crippen molar-refractivity contribution in [2.75, 3.05) is 13.9 Å². The molecule has 0 saturated carbocycles. The summed E-state index contributed by atoms with van der Waals surface area (Å²) < 4.78 is 20.8. The molecule has 0 aliphatic carbocycles. The van der Waals surface area contributed by atoms with Gasteiger partial charge >= 0.3 is 0 Å². The zero-order valence-corrected chi connectivity index (χ0v) is 9.67. The molecule has 1 aliphatic rings. The number of hydrogen-bond acceptors (Lipinski definition) is 7. The molecule has 2 heterocycles. The number of benzene rings is 1.